The highest BCUT2D eigenvalue weighted by atomic mass is 35.5. The van der Waals surface area contributed by atoms with Crippen LogP contribution in [-0.4, -0.2) is 19.2 Å². The largest absolute Gasteiger partial charge is 0.478 e. The zero-order valence-corrected chi connectivity index (χ0v) is 21.2. The van der Waals surface area contributed by atoms with Crippen molar-refractivity contribution in [2.75, 3.05) is 12.4 Å². The number of hydrogen-bond donors (Lipinski definition) is 2. The van der Waals surface area contributed by atoms with Crippen molar-refractivity contribution in [2.24, 2.45) is 11.1 Å². The summed E-state index contributed by atoms with van der Waals surface area (Å²) in [7, 11) is 1.60. The summed E-state index contributed by atoms with van der Waals surface area (Å²) >= 11 is 6.67. The maximum atomic E-state index is 15.7. The van der Waals surface area contributed by atoms with Gasteiger partial charge in [-0.2, -0.15) is 5.26 Å². The zero-order chi connectivity index (χ0) is 26.3. The van der Waals surface area contributed by atoms with Gasteiger partial charge in [0.25, 0.3) is 0 Å². The fourth-order valence-electron chi connectivity index (χ4n) is 5.01. The SMILES string of the molecule is CNc1ccc(C#N)c(-c2c(Cl)ccc3c2C[C@](c2ccccc2)([C@@H](OC(N)=O)C(C)(C)C)O3)c1F. The number of halogens is 2. The van der Waals surface area contributed by atoms with Crippen LogP contribution in [0, 0.1) is 22.6 Å². The van der Waals surface area contributed by atoms with E-state index in [1.54, 1.807) is 25.2 Å². The third kappa shape index (κ3) is 4.22. The molecule has 6 nitrogen and oxygen atoms in total. The molecule has 1 heterocycles. The number of nitrogens with one attached hydrogen (secondary N) is 1. The van der Waals surface area contributed by atoms with Crippen LogP contribution in [0.1, 0.15) is 37.5 Å². The van der Waals surface area contributed by atoms with Crippen molar-refractivity contribution in [3.05, 3.63) is 82.1 Å². The van der Waals surface area contributed by atoms with Crippen molar-refractivity contribution in [2.45, 2.75) is 38.9 Å². The second kappa shape index (κ2) is 9.36. The van der Waals surface area contributed by atoms with Crippen molar-refractivity contribution in [1.82, 2.24) is 0 Å². The van der Waals surface area contributed by atoms with Crippen LogP contribution in [-0.2, 0) is 16.8 Å². The highest BCUT2D eigenvalue weighted by Gasteiger charge is 2.55. The van der Waals surface area contributed by atoms with Crippen molar-refractivity contribution in [1.29, 1.82) is 5.26 Å². The number of ether oxygens (including phenoxy) is 2. The molecule has 2 atom stereocenters. The quantitative estimate of drug-likeness (QED) is 0.416. The normalized spacial score (nSPS) is 17.5. The van der Waals surface area contributed by atoms with E-state index < -0.39 is 29.0 Å². The lowest BCUT2D eigenvalue weighted by molar-refractivity contribution is -0.100. The van der Waals surface area contributed by atoms with Crippen molar-refractivity contribution in [3.8, 4) is 22.9 Å². The van der Waals surface area contributed by atoms with Gasteiger partial charge < -0.3 is 20.5 Å². The lowest BCUT2D eigenvalue weighted by atomic mass is 9.72. The average molecular weight is 508 g/mol. The molecule has 0 bridgehead atoms. The Hall–Kier alpha value is -3.76. The van der Waals surface area contributed by atoms with Crippen LogP contribution < -0.4 is 15.8 Å². The summed E-state index contributed by atoms with van der Waals surface area (Å²) in [5.41, 5.74) is 5.92. The predicted molar refractivity (Wildman–Crippen MR) is 137 cm³/mol. The van der Waals surface area contributed by atoms with Gasteiger partial charge in [0.05, 0.1) is 17.3 Å². The van der Waals surface area contributed by atoms with Crippen LogP contribution in [0.15, 0.2) is 54.6 Å². The second-order valence-electron chi connectivity index (χ2n) is 9.83. The van der Waals surface area contributed by atoms with Gasteiger partial charge in [0, 0.05) is 40.6 Å². The van der Waals surface area contributed by atoms with Gasteiger partial charge in [0.2, 0.25) is 0 Å². The standard InChI is InChI=1S/C28H27ClFN3O3/c1-27(2,3)25(35-26(32)34)28(17-8-6-5-7-9-17)14-18-21(36-28)13-11-19(29)23(18)22-16(15-31)10-12-20(33-4)24(22)30/h5-13,25,33H,14H2,1-4H3,(H2,32,34)/t25-,28-/m0/s1. The fraction of sp³-hybridized carbons (Fsp3) is 0.286. The topological polar surface area (TPSA) is 97.4 Å². The van der Waals surface area contributed by atoms with E-state index in [9.17, 15) is 10.1 Å². The molecule has 8 heteroatoms. The molecule has 0 fully saturated rings. The summed E-state index contributed by atoms with van der Waals surface area (Å²) in [4.78, 5) is 12.0. The molecule has 1 amide bonds. The van der Waals surface area contributed by atoms with E-state index in [-0.39, 0.29) is 28.3 Å². The van der Waals surface area contributed by atoms with Crippen LogP contribution >= 0.6 is 11.6 Å². The number of nitrogens with two attached hydrogens (primary N) is 1. The summed E-state index contributed by atoms with van der Waals surface area (Å²) < 4.78 is 28.0. The Morgan fingerprint density at radius 2 is 1.89 bits per heavy atom. The Bertz CT molecular complexity index is 1370. The van der Waals surface area contributed by atoms with Gasteiger partial charge in [0.1, 0.15) is 5.75 Å². The molecule has 0 spiro atoms. The van der Waals surface area contributed by atoms with Crippen LogP contribution in [0.25, 0.3) is 11.1 Å². The fourth-order valence-corrected chi connectivity index (χ4v) is 5.28. The lowest BCUT2D eigenvalue weighted by Crippen LogP contribution is -2.53. The summed E-state index contributed by atoms with van der Waals surface area (Å²) in [5.74, 6) is -0.136. The smallest absolute Gasteiger partial charge is 0.404 e. The van der Waals surface area contributed by atoms with E-state index in [0.717, 1.165) is 5.56 Å². The first-order valence-corrected chi connectivity index (χ1v) is 11.8. The Morgan fingerprint density at radius 1 is 1.19 bits per heavy atom. The molecule has 0 saturated heterocycles. The molecular formula is C28H27ClFN3O3. The Balaban J connectivity index is 2.01. The number of anilines is 1. The van der Waals surface area contributed by atoms with Crippen LogP contribution in [0.3, 0.4) is 0 Å². The van der Waals surface area contributed by atoms with E-state index in [0.29, 0.717) is 16.9 Å². The number of carbonyl (C=O) groups excluding carboxylic acids is 1. The Kier molecular flexibility index (Phi) is 6.59. The number of rotatable bonds is 5. The zero-order valence-electron chi connectivity index (χ0n) is 20.5. The third-order valence-corrected chi connectivity index (χ3v) is 6.75. The molecule has 3 aromatic carbocycles. The van der Waals surface area contributed by atoms with Gasteiger partial charge in [-0.3, -0.25) is 0 Å². The van der Waals surface area contributed by atoms with Gasteiger partial charge in [-0.1, -0.05) is 62.7 Å². The number of amides is 1. The second-order valence-corrected chi connectivity index (χ2v) is 10.2. The van der Waals surface area contributed by atoms with Gasteiger partial charge >= 0.3 is 6.09 Å². The molecule has 36 heavy (non-hydrogen) atoms. The van der Waals surface area contributed by atoms with Crippen LogP contribution in [0.4, 0.5) is 14.9 Å². The molecule has 0 aromatic heterocycles. The van der Waals surface area contributed by atoms with Crippen molar-refractivity contribution >= 4 is 23.4 Å². The molecule has 3 aromatic rings. The van der Waals surface area contributed by atoms with Crippen LogP contribution in [0.5, 0.6) is 5.75 Å². The number of benzene rings is 3. The number of hydrogen-bond acceptors (Lipinski definition) is 5. The van der Waals surface area contributed by atoms with Crippen molar-refractivity contribution < 1.29 is 18.7 Å². The molecule has 186 valence electrons. The maximum Gasteiger partial charge on any atom is 0.404 e. The first-order valence-electron chi connectivity index (χ1n) is 11.5. The molecule has 0 radical (unpaired) electrons. The van der Waals surface area contributed by atoms with Crippen molar-refractivity contribution in [3.63, 3.8) is 0 Å². The first-order chi connectivity index (χ1) is 17.0. The van der Waals surface area contributed by atoms with Gasteiger partial charge in [-0.15, -0.1) is 0 Å². The lowest BCUT2D eigenvalue weighted by Gasteiger charge is -2.43. The maximum absolute atomic E-state index is 15.7. The molecular weight excluding hydrogens is 481 g/mol. The number of nitrogens with zero attached hydrogens (tertiary/aromatic N) is 1. The minimum Gasteiger partial charge on any atom is -0.478 e. The summed E-state index contributed by atoms with van der Waals surface area (Å²) in [6, 6.07) is 17.8. The van der Waals surface area contributed by atoms with Crippen LogP contribution in [0.2, 0.25) is 5.02 Å². The number of primary amides is 1. The molecule has 0 saturated carbocycles. The van der Waals surface area contributed by atoms with E-state index >= 15 is 4.39 Å². The van der Waals surface area contributed by atoms with Gasteiger partial charge in [-0.25, -0.2) is 9.18 Å². The average Bonchev–Trinajstić information content (AvgIpc) is 3.23. The Labute approximate surface area is 214 Å². The molecule has 0 unspecified atom stereocenters. The molecule has 1 aliphatic rings. The minimum absolute atomic E-state index is 0.0850. The van der Waals surface area contributed by atoms with E-state index in [2.05, 4.69) is 11.4 Å². The number of carbonyl (C=O) groups is 1. The minimum atomic E-state index is -1.18. The predicted octanol–water partition coefficient (Wildman–Crippen LogP) is 6.40. The molecule has 3 N–H and O–H groups in total. The highest BCUT2D eigenvalue weighted by molar-refractivity contribution is 6.33. The summed E-state index contributed by atoms with van der Waals surface area (Å²) in [6.07, 6.45) is -1.54. The number of nitriles is 1. The molecule has 0 aliphatic carbocycles. The Morgan fingerprint density at radius 3 is 2.47 bits per heavy atom. The summed E-state index contributed by atoms with van der Waals surface area (Å²) in [5, 5.41) is 12.9. The monoisotopic (exact) mass is 507 g/mol. The number of fused-ring (bicyclic) bond motifs is 1. The third-order valence-electron chi connectivity index (χ3n) is 6.44. The van der Waals surface area contributed by atoms with Gasteiger partial charge in [0.15, 0.2) is 17.5 Å². The van der Waals surface area contributed by atoms with E-state index in [1.165, 1.54) is 6.07 Å². The molecule has 4 rings (SSSR count). The van der Waals surface area contributed by atoms with E-state index in [1.807, 2.05) is 51.1 Å². The summed E-state index contributed by atoms with van der Waals surface area (Å²) in [6.45, 7) is 5.78. The van der Waals surface area contributed by atoms with E-state index in [4.69, 9.17) is 26.8 Å². The highest BCUT2D eigenvalue weighted by Crippen LogP contribution is 2.53. The molecule has 1 aliphatic heterocycles. The van der Waals surface area contributed by atoms with Gasteiger partial charge in [-0.05, 0) is 29.8 Å². The first kappa shape index (κ1) is 25.3.